The van der Waals surface area contributed by atoms with Crippen LogP contribution in [-0.4, -0.2) is 36.2 Å². The van der Waals surface area contributed by atoms with Crippen LogP contribution in [0.15, 0.2) is 46.9 Å². The molecule has 21 heavy (non-hydrogen) atoms. The van der Waals surface area contributed by atoms with Gasteiger partial charge in [0.05, 0.1) is 7.11 Å². The molecule has 1 aromatic carbocycles. The van der Waals surface area contributed by atoms with E-state index in [-0.39, 0.29) is 5.91 Å². The molecule has 0 aliphatic carbocycles. The fourth-order valence-electron chi connectivity index (χ4n) is 1.52. The molecule has 0 saturated heterocycles. The van der Waals surface area contributed by atoms with Gasteiger partial charge in [-0.15, -0.1) is 11.3 Å². The number of aliphatic imine (C=N–C) groups is 1. The smallest absolute Gasteiger partial charge is 0.334 e. The minimum Gasteiger partial charge on any atom is -0.467 e. The van der Waals surface area contributed by atoms with E-state index in [0.29, 0.717) is 10.7 Å². The molecule has 1 unspecified atom stereocenters. The van der Waals surface area contributed by atoms with Crippen molar-refractivity contribution in [3.05, 3.63) is 47.5 Å². The molecule has 2 rings (SSSR count). The minimum atomic E-state index is -0.966. The first kappa shape index (κ1) is 14.9. The second-order valence-corrected chi connectivity index (χ2v) is 4.81. The Morgan fingerprint density at radius 2 is 2.14 bits per heavy atom. The van der Waals surface area contributed by atoms with Crippen LogP contribution in [0, 0.1) is 0 Å². The molecule has 0 saturated carbocycles. The predicted octanol–water partition coefficient (Wildman–Crippen LogP) is 1.82. The molecular weight excluding hydrogens is 290 g/mol. The average Bonchev–Trinajstić information content (AvgIpc) is 3.04. The number of carbonyl (C=O) groups is 2. The molecule has 1 atom stereocenters. The summed E-state index contributed by atoms with van der Waals surface area (Å²) in [7, 11) is 1.25. The molecule has 0 spiro atoms. The van der Waals surface area contributed by atoms with Crippen molar-refractivity contribution in [3.8, 4) is 0 Å². The number of esters is 1. The molecule has 1 N–H and O–H groups in total. The average molecular weight is 303 g/mol. The van der Waals surface area contributed by atoms with E-state index in [1.165, 1.54) is 24.7 Å². The van der Waals surface area contributed by atoms with E-state index in [4.69, 9.17) is 0 Å². The highest BCUT2D eigenvalue weighted by molar-refractivity contribution is 7.13. The van der Waals surface area contributed by atoms with Gasteiger partial charge in [0.1, 0.15) is 0 Å². The van der Waals surface area contributed by atoms with E-state index >= 15 is 0 Å². The molecule has 0 radical (unpaired) electrons. The Bertz CT molecular complexity index is 626. The van der Waals surface area contributed by atoms with Gasteiger partial charge in [-0.25, -0.2) is 14.8 Å². The third-order valence-electron chi connectivity index (χ3n) is 2.53. The summed E-state index contributed by atoms with van der Waals surface area (Å²) >= 11 is 1.33. The van der Waals surface area contributed by atoms with Crippen molar-refractivity contribution in [2.75, 3.05) is 7.11 Å². The zero-order valence-electron chi connectivity index (χ0n) is 11.2. The molecular formula is C14H13N3O3S. The van der Waals surface area contributed by atoms with Gasteiger partial charge in [0.25, 0.3) is 5.91 Å². The highest BCUT2D eigenvalue weighted by Gasteiger charge is 2.20. The highest BCUT2D eigenvalue weighted by Crippen LogP contribution is 2.13. The molecule has 2 aromatic rings. The Balaban J connectivity index is 2.10. The summed E-state index contributed by atoms with van der Waals surface area (Å²) in [6.07, 6.45) is 2.92. The van der Waals surface area contributed by atoms with Crippen molar-refractivity contribution in [1.82, 2.24) is 10.3 Å². The van der Waals surface area contributed by atoms with E-state index in [1.54, 1.807) is 41.9 Å². The molecule has 0 fully saturated rings. The fourth-order valence-corrected chi connectivity index (χ4v) is 2.00. The van der Waals surface area contributed by atoms with Gasteiger partial charge in [-0.2, -0.15) is 0 Å². The van der Waals surface area contributed by atoms with Crippen molar-refractivity contribution in [2.45, 2.75) is 6.04 Å². The van der Waals surface area contributed by atoms with Gasteiger partial charge in [0, 0.05) is 23.4 Å². The Hall–Kier alpha value is -2.54. The summed E-state index contributed by atoms with van der Waals surface area (Å²) < 4.78 is 4.66. The van der Waals surface area contributed by atoms with Crippen molar-refractivity contribution in [2.24, 2.45) is 4.99 Å². The Kier molecular flexibility index (Phi) is 5.16. The second-order valence-electron chi connectivity index (χ2n) is 3.93. The van der Waals surface area contributed by atoms with Crippen LogP contribution in [0.3, 0.4) is 0 Å². The number of rotatable bonds is 5. The fraction of sp³-hybridized carbons (Fsp3) is 0.143. The van der Waals surface area contributed by atoms with Gasteiger partial charge >= 0.3 is 5.97 Å². The van der Waals surface area contributed by atoms with E-state index in [1.807, 2.05) is 0 Å². The first-order valence-corrected chi connectivity index (χ1v) is 6.96. The molecule has 1 heterocycles. The molecule has 1 aromatic heterocycles. The van der Waals surface area contributed by atoms with Crippen LogP contribution in [0.25, 0.3) is 0 Å². The lowest BCUT2D eigenvalue weighted by molar-refractivity contribution is -0.140. The standard InChI is InChI=1S/C14H13N3O3S/c1-20-13(19)11(9-16-14-15-7-8-21-14)17-12(18)10-5-3-2-4-6-10/h2-9,11H,1H3,(H,17,18). The van der Waals surface area contributed by atoms with Crippen molar-refractivity contribution in [1.29, 1.82) is 0 Å². The van der Waals surface area contributed by atoms with Gasteiger partial charge < -0.3 is 10.1 Å². The molecule has 1 amide bonds. The van der Waals surface area contributed by atoms with E-state index < -0.39 is 12.0 Å². The lowest BCUT2D eigenvalue weighted by atomic mass is 10.2. The van der Waals surface area contributed by atoms with Gasteiger partial charge in [-0.05, 0) is 12.1 Å². The number of benzene rings is 1. The summed E-state index contributed by atoms with van der Waals surface area (Å²) in [5.41, 5.74) is 0.453. The minimum absolute atomic E-state index is 0.378. The maximum atomic E-state index is 12.0. The molecule has 7 heteroatoms. The third kappa shape index (κ3) is 4.22. The Morgan fingerprint density at radius 1 is 1.38 bits per heavy atom. The second kappa shape index (κ2) is 7.30. The highest BCUT2D eigenvalue weighted by atomic mass is 32.1. The van der Waals surface area contributed by atoms with Crippen molar-refractivity contribution < 1.29 is 14.3 Å². The predicted molar refractivity (Wildman–Crippen MR) is 80.0 cm³/mol. The maximum absolute atomic E-state index is 12.0. The lowest BCUT2D eigenvalue weighted by Gasteiger charge is -2.12. The number of methoxy groups -OCH3 is 1. The summed E-state index contributed by atoms with van der Waals surface area (Å²) in [5.74, 6) is -0.976. The van der Waals surface area contributed by atoms with Crippen molar-refractivity contribution >= 4 is 34.6 Å². The summed E-state index contributed by atoms with van der Waals surface area (Å²) in [6.45, 7) is 0. The van der Waals surface area contributed by atoms with Crippen LogP contribution in [0.5, 0.6) is 0 Å². The van der Waals surface area contributed by atoms with Crippen LogP contribution in [0.4, 0.5) is 5.13 Å². The number of aromatic nitrogens is 1. The van der Waals surface area contributed by atoms with E-state index in [0.717, 1.165) is 0 Å². The number of carbonyl (C=O) groups excluding carboxylic acids is 2. The number of thiazole rings is 1. The number of hydrogen-bond acceptors (Lipinski definition) is 6. The first-order chi connectivity index (χ1) is 10.2. The number of nitrogens with one attached hydrogen (secondary N) is 1. The molecule has 108 valence electrons. The first-order valence-electron chi connectivity index (χ1n) is 6.08. The number of hydrogen-bond donors (Lipinski definition) is 1. The van der Waals surface area contributed by atoms with Gasteiger partial charge in [-0.1, -0.05) is 18.2 Å². The van der Waals surface area contributed by atoms with Crippen LogP contribution < -0.4 is 5.32 Å². The summed E-state index contributed by atoms with van der Waals surface area (Å²) in [6, 6.07) is 7.63. The molecule has 6 nitrogen and oxygen atoms in total. The van der Waals surface area contributed by atoms with Gasteiger partial charge in [-0.3, -0.25) is 4.79 Å². The number of nitrogens with zero attached hydrogens (tertiary/aromatic N) is 2. The SMILES string of the molecule is COC(=O)C(C=Nc1nccs1)NC(=O)c1ccccc1. The van der Waals surface area contributed by atoms with Crippen LogP contribution in [0.1, 0.15) is 10.4 Å². The zero-order valence-corrected chi connectivity index (χ0v) is 12.0. The van der Waals surface area contributed by atoms with Gasteiger partial charge in [0.15, 0.2) is 6.04 Å². The molecule has 0 bridgehead atoms. The molecule has 0 aliphatic heterocycles. The van der Waals surface area contributed by atoms with Crippen molar-refractivity contribution in [3.63, 3.8) is 0 Å². The number of amides is 1. The Morgan fingerprint density at radius 3 is 2.76 bits per heavy atom. The Labute approximate surface area is 125 Å². The summed E-state index contributed by atoms with van der Waals surface area (Å²) in [5, 5.41) is 4.82. The maximum Gasteiger partial charge on any atom is 0.334 e. The van der Waals surface area contributed by atoms with Crippen LogP contribution >= 0.6 is 11.3 Å². The summed E-state index contributed by atoms with van der Waals surface area (Å²) in [4.78, 5) is 31.8. The largest absolute Gasteiger partial charge is 0.467 e. The topological polar surface area (TPSA) is 80.7 Å². The third-order valence-corrected chi connectivity index (χ3v) is 3.21. The van der Waals surface area contributed by atoms with E-state index in [9.17, 15) is 9.59 Å². The lowest BCUT2D eigenvalue weighted by Crippen LogP contribution is -2.42. The number of ether oxygens (including phenoxy) is 1. The van der Waals surface area contributed by atoms with Crippen LogP contribution in [-0.2, 0) is 9.53 Å². The normalized spacial score (nSPS) is 12.0. The quantitative estimate of drug-likeness (QED) is 0.675. The monoisotopic (exact) mass is 303 g/mol. The molecule has 0 aliphatic rings. The van der Waals surface area contributed by atoms with Gasteiger partial charge in [0.2, 0.25) is 5.13 Å². The van der Waals surface area contributed by atoms with Crippen LogP contribution in [0.2, 0.25) is 0 Å². The zero-order chi connectivity index (χ0) is 15.1. The van der Waals surface area contributed by atoms with E-state index in [2.05, 4.69) is 20.0 Å².